The topological polar surface area (TPSA) is 77.8 Å². The van der Waals surface area contributed by atoms with Crippen molar-refractivity contribution in [3.63, 3.8) is 0 Å². The molecule has 1 aliphatic heterocycles. The highest BCUT2D eigenvalue weighted by Crippen LogP contribution is 2.45. The third-order valence-electron chi connectivity index (χ3n) is 4.63. The van der Waals surface area contributed by atoms with E-state index in [9.17, 15) is 19.8 Å². The number of rotatable bonds is 3. The molecular formula is C22H23NO4. The summed E-state index contributed by atoms with van der Waals surface area (Å²) < 4.78 is 0. The molecular weight excluding hydrogens is 342 g/mol. The summed E-state index contributed by atoms with van der Waals surface area (Å²) >= 11 is 0. The Kier molecular flexibility index (Phi) is 4.56. The molecule has 2 aromatic carbocycles. The van der Waals surface area contributed by atoms with Crippen LogP contribution < -0.4 is 4.90 Å². The van der Waals surface area contributed by atoms with Crippen LogP contribution in [0.5, 0.6) is 5.75 Å². The van der Waals surface area contributed by atoms with Gasteiger partial charge in [-0.2, -0.15) is 0 Å². The summed E-state index contributed by atoms with van der Waals surface area (Å²) in [5, 5.41) is 20.9. The highest BCUT2D eigenvalue weighted by molar-refractivity contribution is 6.17. The van der Waals surface area contributed by atoms with Crippen LogP contribution in [0, 0.1) is 12.3 Å². The molecule has 0 spiro atoms. The van der Waals surface area contributed by atoms with Crippen molar-refractivity contribution in [1.29, 1.82) is 0 Å². The molecule has 0 fully saturated rings. The highest BCUT2D eigenvalue weighted by Gasteiger charge is 2.47. The van der Waals surface area contributed by atoms with Crippen LogP contribution in [-0.4, -0.2) is 21.9 Å². The van der Waals surface area contributed by atoms with Gasteiger partial charge in [-0.3, -0.25) is 14.5 Å². The fourth-order valence-corrected chi connectivity index (χ4v) is 3.31. The minimum absolute atomic E-state index is 0.0568. The van der Waals surface area contributed by atoms with Crippen molar-refractivity contribution >= 4 is 17.4 Å². The first-order valence-electron chi connectivity index (χ1n) is 8.79. The Balaban J connectivity index is 2.25. The summed E-state index contributed by atoms with van der Waals surface area (Å²) in [6.45, 7) is 7.15. The monoisotopic (exact) mass is 365 g/mol. The predicted molar refractivity (Wildman–Crippen MR) is 104 cm³/mol. The van der Waals surface area contributed by atoms with Gasteiger partial charge < -0.3 is 10.2 Å². The van der Waals surface area contributed by atoms with Crippen LogP contribution in [0.15, 0.2) is 59.9 Å². The molecule has 0 saturated carbocycles. The van der Waals surface area contributed by atoms with Gasteiger partial charge >= 0.3 is 0 Å². The Morgan fingerprint density at radius 3 is 2.30 bits per heavy atom. The number of carbonyl (C=O) groups excluding carboxylic acids is 2. The molecule has 0 aliphatic carbocycles. The molecule has 140 valence electrons. The number of aromatic hydroxyl groups is 1. The van der Waals surface area contributed by atoms with E-state index in [1.54, 1.807) is 39.0 Å². The number of anilines is 1. The summed E-state index contributed by atoms with van der Waals surface area (Å²) in [6.07, 6.45) is 0. The Bertz CT molecular complexity index is 953. The van der Waals surface area contributed by atoms with Crippen molar-refractivity contribution in [3.8, 4) is 5.75 Å². The van der Waals surface area contributed by atoms with Crippen molar-refractivity contribution in [3.05, 3.63) is 71.0 Å². The van der Waals surface area contributed by atoms with Gasteiger partial charge in [-0.05, 0) is 24.6 Å². The van der Waals surface area contributed by atoms with Gasteiger partial charge in [0.05, 0.1) is 17.3 Å². The zero-order valence-corrected chi connectivity index (χ0v) is 15.9. The quantitative estimate of drug-likeness (QED) is 0.854. The zero-order chi connectivity index (χ0) is 19.9. The van der Waals surface area contributed by atoms with Gasteiger partial charge in [0.25, 0.3) is 5.91 Å². The second kappa shape index (κ2) is 6.58. The molecule has 0 bridgehead atoms. The van der Waals surface area contributed by atoms with Crippen LogP contribution >= 0.6 is 0 Å². The van der Waals surface area contributed by atoms with Crippen molar-refractivity contribution in [1.82, 2.24) is 0 Å². The van der Waals surface area contributed by atoms with Gasteiger partial charge in [-0.1, -0.05) is 62.7 Å². The molecule has 0 saturated heterocycles. The summed E-state index contributed by atoms with van der Waals surface area (Å²) in [6, 6.07) is 13.0. The average molecular weight is 365 g/mol. The lowest BCUT2D eigenvalue weighted by Crippen LogP contribution is -2.32. The molecule has 27 heavy (non-hydrogen) atoms. The first-order valence-corrected chi connectivity index (χ1v) is 8.79. The van der Waals surface area contributed by atoms with E-state index in [0.717, 1.165) is 5.56 Å². The Labute approximate surface area is 158 Å². The Hall–Kier alpha value is -3.08. The number of hydrogen-bond acceptors (Lipinski definition) is 4. The number of phenolic OH excluding ortho intramolecular Hbond substituents is 1. The summed E-state index contributed by atoms with van der Waals surface area (Å²) in [7, 11) is 0. The van der Waals surface area contributed by atoms with E-state index < -0.39 is 23.1 Å². The molecule has 1 heterocycles. The maximum atomic E-state index is 13.1. The van der Waals surface area contributed by atoms with Gasteiger partial charge in [0.1, 0.15) is 5.75 Å². The average Bonchev–Trinajstić information content (AvgIpc) is 2.85. The second-order valence-corrected chi connectivity index (χ2v) is 7.82. The third-order valence-corrected chi connectivity index (χ3v) is 4.63. The number of ketones is 1. The molecule has 0 aromatic heterocycles. The number of carbonyl (C=O) groups is 2. The molecule has 1 unspecified atom stereocenters. The van der Waals surface area contributed by atoms with E-state index in [1.807, 2.05) is 31.2 Å². The van der Waals surface area contributed by atoms with Gasteiger partial charge in [0.2, 0.25) is 0 Å². The molecule has 5 heteroatoms. The Morgan fingerprint density at radius 1 is 1.04 bits per heavy atom. The van der Waals surface area contributed by atoms with E-state index in [2.05, 4.69) is 0 Å². The first-order chi connectivity index (χ1) is 12.6. The lowest BCUT2D eigenvalue weighted by molar-refractivity contribution is -0.123. The minimum Gasteiger partial charge on any atom is -0.506 e. The van der Waals surface area contributed by atoms with Crippen molar-refractivity contribution in [2.24, 2.45) is 5.41 Å². The van der Waals surface area contributed by atoms with Crippen LogP contribution in [-0.2, 0) is 9.59 Å². The molecule has 1 atom stereocenters. The lowest BCUT2D eigenvalue weighted by Gasteiger charge is -2.29. The van der Waals surface area contributed by atoms with Crippen molar-refractivity contribution in [2.75, 3.05) is 4.90 Å². The van der Waals surface area contributed by atoms with E-state index >= 15 is 0 Å². The largest absolute Gasteiger partial charge is 0.506 e. The van der Waals surface area contributed by atoms with Gasteiger partial charge in [0.15, 0.2) is 11.5 Å². The van der Waals surface area contributed by atoms with Crippen LogP contribution in [0.1, 0.15) is 37.9 Å². The fraction of sp³-hybridized carbons (Fsp3) is 0.273. The smallest absolute Gasteiger partial charge is 0.294 e. The number of aliphatic hydroxyl groups is 1. The zero-order valence-electron chi connectivity index (χ0n) is 15.9. The molecule has 3 rings (SSSR count). The number of nitrogens with zero attached hydrogens (tertiary/aromatic N) is 1. The van der Waals surface area contributed by atoms with E-state index in [4.69, 9.17) is 0 Å². The highest BCUT2D eigenvalue weighted by atomic mass is 16.3. The van der Waals surface area contributed by atoms with Gasteiger partial charge in [0, 0.05) is 5.41 Å². The fourth-order valence-electron chi connectivity index (χ4n) is 3.31. The number of Topliss-reactive ketones (excluding diaryl/α,β-unsaturated/α-hetero) is 1. The molecule has 2 N–H and O–H groups in total. The standard InChI is InChI=1S/C22H23NO4/c1-13-8-7-9-14(12-13)18-17(20(26)22(2,3)4)19(25)21(27)23(18)15-10-5-6-11-16(15)24/h5-12,18,24-25H,1-4H3. The molecule has 5 nitrogen and oxygen atoms in total. The van der Waals surface area contributed by atoms with Crippen LogP contribution in [0.2, 0.25) is 0 Å². The van der Waals surface area contributed by atoms with E-state index in [1.165, 1.54) is 11.0 Å². The lowest BCUT2D eigenvalue weighted by atomic mass is 9.82. The molecule has 0 radical (unpaired) electrons. The van der Waals surface area contributed by atoms with Gasteiger partial charge in [-0.15, -0.1) is 0 Å². The molecule has 1 aliphatic rings. The molecule has 2 aromatic rings. The van der Waals surface area contributed by atoms with Crippen molar-refractivity contribution < 1.29 is 19.8 Å². The predicted octanol–water partition coefficient (Wildman–Crippen LogP) is 4.22. The summed E-state index contributed by atoms with van der Waals surface area (Å²) in [4.78, 5) is 27.3. The van der Waals surface area contributed by atoms with Gasteiger partial charge in [-0.25, -0.2) is 0 Å². The van der Waals surface area contributed by atoms with E-state index in [-0.39, 0.29) is 22.8 Å². The number of para-hydroxylation sites is 2. The first kappa shape index (κ1) is 18.7. The third kappa shape index (κ3) is 3.21. The normalized spacial score (nSPS) is 17.6. The number of phenols is 1. The minimum atomic E-state index is -0.808. The summed E-state index contributed by atoms with van der Waals surface area (Å²) in [5.74, 6) is -1.67. The number of aryl methyl sites for hydroxylation is 1. The summed E-state index contributed by atoms with van der Waals surface area (Å²) in [5.41, 5.74) is 1.19. The van der Waals surface area contributed by atoms with E-state index in [0.29, 0.717) is 5.56 Å². The van der Waals surface area contributed by atoms with Crippen LogP contribution in [0.4, 0.5) is 5.69 Å². The van der Waals surface area contributed by atoms with Crippen LogP contribution in [0.25, 0.3) is 0 Å². The number of hydrogen-bond donors (Lipinski definition) is 2. The second-order valence-electron chi connectivity index (χ2n) is 7.82. The SMILES string of the molecule is Cc1cccc(C2C(C(=O)C(C)(C)C)=C(O)C(=O)N2c2ccccc2O)c1. The van der Waals surface area contributed by atoms with Crippen molar-refractivity contribution in [2.45, 2.75) is 33.7 Å². The Morgan fingerprint density at radius 2 is 1.70 bits per heavy atom. The maximum Gasteiger partial charge on any atom is 0.294 e. The number of benzene rings is 2. The van der Waals surface area contributed by atoms with Crippen LogP contribution in [0.3, 0.4) is 0 Å². The number of amides is 1. The maximum absolute atomic E-state index is 13.1. The molecule has 1 amide bonds. The number of aliphatic hydroxyl groups excluding tert-OH is 1.